The molecule has 4 heterocycles. The van der Waals surface area contributed by atoms with Crippen LogP contribution >= 0.6 is 22.7 Å². The van der Waals surface area contributed by atoms with Crippen LogP contribution in [0.4, 0.5) is 5.13 Å². The Morgan fingerprint density at radius 3 is 2.62 bits per heavy atom. The Hall–Kier alpha value is -2.08. The minimum absolute atomic E-state index is 0.0595. The molecule has 0 unspecified atom stereocenters. The zero-order valence-electron chi connectivity index (χ0n) is 16.0. The van der Waals surface area contributed by atoms with E-state index in [-0.39, 0.29) is 16.9 Å². The fraction of sp³-hybridized carbons (Fsp3) is 0.389. The maximum absolute atomic E-state index is 12.8. The molecule has 0 radical (unpaired) electrons. The monoisotopic (exact) mass is 451 g/mol. The predicted molar refractivity (Wildman–Crippen MR) is 113 cm³/mol. The zero-order chi connectivity index (χ0) is 20.6. The normalized spacial score (nSPS) is 16.2. The summed E-state index contributed by atoms with van der Waals surface area (Å²) in [5, 5.41) is 7.42. The van der Waals surface area contributed by atoms with Crippen LogP contribution in [-0.4, -0.2) is 46.3 Å². The van der Waals surface area contributed by atoms with Crippen LogP contribution < -0.4 is 5.32 Å². The van der Waals surface area contributed by atoms with E-state index >= 15 is 0 Å². The molecule has 1 fully saturated rings. The highest BCUT2D eigenvalue weighted by Gasteiger charge is 2.33. The van der Waals surface area contributed by atoms with E-state index < -0.39 is 10.0 Å². The van der Waals surface area contributed by atoms with Gasteiger partial charge < -0.3 is 9.88 Å². The van der Waals surface area contributed by atoms with E-state index in [0.717, 1.165) is 10.6 Å². The molecular weight excluding hydrogens is 430 g/mol. The lowest BCUT2D eigenvalue weighted by Crippen LogP contribution is -2.41. The maximum Gasteiger partial charge on any atom is 0.262 e. The summed E-state index contributed by atoms with van der Waals surface area (Å²) < 4.78 is 28.7. The molecule has 3 aromatic rings. The van der Waals surface area contributed by atoms with Gasteiger partial charge in [-0.1, -0.05) is 6.07 Å². The molecule has 0 aromatic carbocycles. The largest absolute Gasteiger partial charge is 0.337 e. The second-order valence-corrected chi connectivity index (χ2v) is 10.6. The number of nitrogens with one attached hydrogen (secondary N) is 1. The Kier molecular flexibility index (Phi) is 5.56. The van der Waals surface area contributed by atoms with Crippen molar-refractivity contribution in [2.24, 2.45) is 13.0 Å². The number of aromatic nitrogens is 3. The van der Waals surface area contributed by atoms with Crippen LogP contribution in [0.1, 0.15) is 18.7 Å². The number of imidazole rings is 1. The standard InChI is InChI=1S/C18H21N5O3S3/c1-12-19-16(10-22(12)2)29(25,26)23-7-5-13(6-8-23)17(24)21-18-20-14(11-28-18)15-4-3-9-27-15/h3-4,9-11,13H,5-8H2,1-2H3,(H,20,21,24). The van der Waals surface area contributed by atoms with Gasteiger partial charge in [-0.15, -0.1) is 22.7 Å². The Balaban J connectivity index is 1.36. The summed E-state index contributed by atoms with van der Waals surface area (Å²) in [6.45, 7) is 2.36. The van der Waals surface area contributed by atoms with Gasteiger partial charge in [0.25, 0.3) is 10.0 Å². The number of carbonyl (C=O) groups is 1. The minimum atomic E-state index is -3.63. The van der Waals surface area contributed by atoms with Crippen molar-refractivity contribution in [3.8, 4) is 10.6 Å². The fourth-order valence-corrected chi connectivity index (χ4v) is 6.19. The second kappa shape index (κ2) is 7.98. The molecule has 154 valence electrons. The zero-order valence-corrected chi connectivity index (χ0v) is 18.5. The molecule has 0 saturated carbocycles. The van der Waals surface area contributed by atoms with Gasteiger partial charge >= 0.3 is 0 Å². The van der Waals surface area contributed by atoms with Gasteiger partial charge in [0.2, 0.25) is 5.91 Å². The summed E-state index contributed by atoms with van der Waals surface area (Å²) in [7, 11) is -1.87. The Morgan fingerprint density at radius 2 is 2.00 bits per heavy atom. The molecule has 0 spiro atoms. The summed E-state index contributed by atoms with van der Waals surface area (Å²) >= 11 is 2.99. The first-order valence-electron chi connectivity index (χ1n) is 9.15. The van der Waals surface area contributed by atoms with Crippen LogP contribution in [0.3, 0.4) is 0 Å². The van der Waals surface area contributed by atoms with Crippen LogP contribution in [0.15, 0.2) is 34.1 Å². The number of hydrogen-bond donors (Lipinski definition) is 1. The quantitative estimate of drug-likeness (QED) is 0.643. The Labute approximate surface area is 177 Å². The lowest BCUT2D eigenvalue weighted by atomic mass is 9.97. The van der Waals surface area contributed by atoms with E-state index in [9.17, 15) is 13.2 Å². The van der Waals surface area contributed by atoms with Crippen LogP contribution in [0.25, 0.3) is 10.6 Å². The molecule has 3 aromatic heterocycles. The van der Waals surface area contributed by atoms with Crippen molar-refractivity contribution in [3.63, 3.8) is 0 Å². The number of carbonyl (C=O) groups excluding carboxylic acids is 1. The smallest absolute Gasteiger partial charge is 0.262 e. The van der Waals surface area contributed by atoms with Gasteiger partial charge in [-0.2, -0.15) is 4.31 Å². The molecule has 1 N–H and O–H groups in total. The van der Waals surface area contributed by atoms with Gasteiger partial charge in [0, 0.05) is 37.6 Å². The number of thiazole rings is 1. The highest BCUT2D eigenvalue weighted by atomic mass is 32.2. The molecule has 0 atom stereocenters. The number of hydrogen-bond acceptors (Lipinski definition) is 7. The number of amides is 1. The maximum atomic E-state index is 12.8. The van der Waals surface area contributed by atoms with Gasteiger partial charge in [-0.3, -0.25) is 4.79 Å². The molecular formula is C18H21N5O3S3. The number of anilines is 1. The topological polar surface area (TPSA) is 97.2 Å². The van der Waals surface area contributed by atoms with Crippen molar-refractivity contribution in [3.05, 3.63) is 34.9 Å². The van der Waals surface area contributed by atoms with Gasteiger partial charge in [-0.25, -0.2) is 18.4 Å². The number of thiophene rings is 1. The molecule has 8 nitrogen and oxygen atoms in total. The Morgan fingerprint density at radius 1 is 1.24 bits per heavy atom. The second-order valence-electron chi connectivity index (χ2n) is 6.92. The van der Waals surface area contributed by atoms with Crippen LogP contribution in [0.2, 0.25) is 0 Å². The lowest BCUT2D eigenvalue weighted by molar-refractivity contribution is -0.120. The van der Waals surface area contributed by atoms with Crippen molar-refractivity contribution in [2.45, 2.75) is 24.8 Å². The highest BCUT2D eigenvalue weighted by Crippen LogP contribution is 2.29. The SMILES string of the molecule is Cc1nc(S(=O)(=O)N2CCC(C(=O)Nc3nc(-c4cccs4)cs3)CC2)cn1C. The summed E-state index contributed by atoms with van der Waals surface area (Å²) in [6.07, 6.45) is 2.47. The van der Waals surface area contributed by atoms with Gasteiger partial charge in [0.15, 0.2) is 10.2 Å². The third-order valence-electron chi connectivity index (χ3n) is 5.02. The number of rotatable bonds is 5. The highest BCUT2D eigenvalue weighted by molar-refractivity contribution is 7.89. The molecule has 0 bridgehead atoms. The van der Waals surface area contributed by atoms with Gasteiger partial charge in [0.1, 0.15) is 5.82 Å². The van der Waals surface area contributed by atoms with Crippen LogP contribution in [0, 0.1) is 12.8 Å². The number of nitrogens with zero attached hydrogens (tertiary/aromatic N) is 4. The Bertz CT molecular complexity index is 1090. The number of piperidine rings is 1. The van der Waals surface area contributed by atoms with Crippen molar-refractivity contribution in [2.75, 3.05) is 18.4 Å². The van der Waals surface area contributed by atoms with Crippen molar-refractivity contribution >= 4 is 43.7 Å². The van der Waals surface area contributed by atoms with E-state index in [1.54, 1.807) is 29.9 Å². The summed E-state index contributed by atoms with van der Waals surface area (Å²) in [4.78, 5) is 22.3. The average Bonchev–Trinajstić information content (AvgIpc) is 3.44. The first kappa shape index (κ1) is 20.2. The van der Waals surface area contributed by atoms with Crippen LogP contribution in [0.5, 0.6) is 0 Å². The van der Waals surface area contributed by atoms with Crippen molar-refractivity contribution in [1.29, 1.82) is 0 Å². The molecule has 1 saturated heterocycles. The molecule has 29 heavy (non-hydrogen) atoms. The number of aryl methyl sites for hydroxylation is 2. The predicted octanol–water partition coefficient (Wildman–Crippen LogP) is 2.95. The van der Waals surface area contributed by atoms with Crippen LogP contribution in [-0.2, 0) is 21.9 Å². The average molecular weight is 452 g/mol. The van der Waals surface area contributed by atoms with E-state index in [0.29, 0.717) is 36.9 Å². The molecule has 4 rings (SSSR count). The molecule has 1 amide bonds. The summed E-state index contributed by atoms with van der Waals surface area (Å²) in [5.41, 5.74) is 0.854. The number of sulfonamides is 1. The van der Waals surface area contributed by atoms with Crippen molar-refractivity contribution < 1.29 is 13.2 Å². The third-order valence-corrected chi connectivity index (χ3v) is 8.44. The molecule has 11 heteroatoms. The van der Waals surface area contributed by atoms with E-state index in [4.69, 9.17) is 0 Å². The first-order valence-corrected chi connectivity index (χ1v) is 12.3. The first-order chi connectivity index (χ1) is 13.8. The summed E-state index contributed by atoms with van der Waals surface area (Å²) in [6, 6.07) is 3.95. The van der Waals surface area contributed by atoms with Gasteiger partial charge in [-0.05, 0) is 31.2 Å². The molecule has 1 aliphatic rings. The van der Waals surface area contributed by atoms with Gasteiger partial charge in [0.05, 0.1) is 10.6 Å². The van der Waals surface area contributed by atoms with Crippen molar-refractivity contribution in [1.82, 2.24) is 18.8 Å². The third kappa shape index (κ3) is 4.13. The van der Waals surface area contributed by atoms with E-state index in [1.165, 1.54) is 21.8 Å². The molecule has 0 aliphatic carbocycles. The molecule has 1 aliphatic heterocycles. The fourth-order valence-electron chi connectivity index (χ4n) is 3.22. The lowest BCUT2D eigenvalue weighted by Gasteiger charge is -2.29. The minimum Gasteiger partial charge on any atom is -0.337 e. The van der Waals surface area contributed by atoms with E-state index in [1.807, 2.05) is 22.9 Å². The summed E-state index contributed by atoms with van der Waals surface area (Å²) in [5.74, 6) is 0.298. The van der Waals surface area contributed by atoms with E-state index in [2.05, 4.69) is 15.3 Å².